The maximum absolute atomic E-state index is 11.9. The average Bonchev–Trinajstić information content (AvgIpc) is 2.39. The van der Waals surface area contributed by atoms with Gasteiger partial charge in [-0.3, -0.25) is 4.79 Å². The van der Waals surface area contributed by atoms with Crippen molar-refractivity contribution in [2.45, 2.75) is 45.8 Å². The second-order valence-corrected chi connectivity index (χ2v) is 6.97. The van der Waals surface area contributed by atoms with Crippen LogP contribution in [0.2, 0.25) is 5.02 Å². The van der Waals surface area contributed by atoms with E-state index in [4.69, 9.17) is 11.6 Å². The fourth-order valence-corrected chi connectivity index (χ4v) is 2.64. The minimum Gasteiger partial charge on any atom is -0.358 e. The highest BCUT2D eigenvalue weighted by Crippen LogP contribution is 2.27. The molecule has 5 heteroatoms. The molecule has 1 atom stereocenters. The van der Waals surface area contributed by atoms with Crippen molar-refractivity contribution in [3.05, 3.63) is 28.8 Å². The first-order chi connectivity index (χ1) is 9.78. The highest BCUT2D eigenvalue weighted by molar-refractivity contribution is 6.30. The van der Waals surface area contributed by atoms with Gasteiger partial charge in [0.25, 0.3) is 0 Å². The molecule has 1 aliphatic heterocycles. The fraction of sp³-hybridized carbons (Fsp3) is 0.562. The van der Waals surface area contributed by atoms with E-state index in [-0.39, 0.29) is 17.5 Å². The van der Waals surface area contributed by atoms with Gasteiger partial charge in [0, 0.05) is 35.9 Å². The Morgan fingerprint density at radius 1 is 1.43 bits per heavy atom. The summed E-state index contributed by atoms with van der Waals surface area (Å²) in [6, 6.07) is 5.72. The lowest BCUT2D eigenvalue weighted by Gasteiger charge is -2.36. The van der Waals surface area contributed by atoms with Crippen LogP contribution in [0, 0.1) is 0 Å². The van der Waals surface area contributed by atoms with Crippen LogP contribution in [0.5, 0.6) is 0 Å². The van der Waals surface area contributed by atoms with Crippen molar-refractivity contribution < 1.29 is 4.79 Å². The van der Waals surface area contributed by atoms with Crippen molar-refractivity contribution in [3.63, 3.8) is 0 Å². The molecule has 2 N–H and O–H groups in total. The van der Waals surface area contributed by atoms with Gasteiger partial charge in [0.05, 0.1) is 0 Å². The zero-order valence-corrected chi connectivity index (χ0v) is 13.9. The minimum absolute atomic E-state index is 0.0322. The third-order valence-electron chi connectivity index (χ3n) is 3.66. The summed E-state index contributed by atoms with van der Waals surface area (Å²) >= 11 is 6.15. The molecular weight excluding hydrogens is 286 g/mol. The van der Waals surface area contributed by atoms with Crippen LogP contribution >= 0.6 is 11.6 Å². The molecular formula is C16H24ClN3O. The van der Waals surface area contributed by atoms with E-state index in [0.29, 0.717) is 6.54 Å². The molecule has 0 aromatic heterocycles. The maximum Gasteiger partial charge on any atom is 0.242 e. The molecule has 1 aromatic rings. The van der Waals surface area contributed by atoms with Crippen LogP contribution in [0.15, 0.2) is 18.2 Å². The Morgan fingerprint density at radius 2 is 2.14 bits per heavy atom. The Kier molecular flexibility index (Phi) is 4.79. The first kappa shape index (κ1) is 16.1. The van der Waals surface area contributed by atoms with Crippen LogP contribution in [-0.4, -0.2) is 30.6 Å². The Balaban J connectivity index is 2.27. The van der Waals surface area contributed by atoms with Crippen LogP contribution in [0.4, 0.5) is 5.69 Å². The number of carbonyl (C=O) groups excluding carboxylic acids is 1. The molecule has 0 bridgehead atoms. The van der Waals surface area contributed by atoms with Gasteiger partial charge < -0.3 is 15.5 Å². The standard InChI is InChI=1S/C16H24ClN3O/c1-11-15(21)18-7-8-20(11)14-6-5-13(17)9-12(14)10-19-16(2,3)4/h5-6,9,11,19H,7-8,10H2,1-4H3,(H,18,21). The molecule has 1 amide bonds. The number of amides is 1. The van der Waals surface area contributed by atoms with Gasteiger partial charge in [-0.15, -0.1) is 0 Å². The highest BCUT2D eigenvalue weighted by Gasteiger charge is 2.27. The van der Waals surface area contributed by atoms with Crippen molar-refractivity contribution in [3.8, 4) is 0 Å². The summed E-state index contributed by atoms with van der Waals surface area (Å²) in [5, 5.41) is 7.10. The molecule has 0 spiro atoms. The molecule has 1 fully saturated rings. The van der Waals surface area contributed by atoms with Gasteiger partial charge in [0.15, 0.2) is 0 Å². The Bertz CT molecular complexity index is 525. The van der Waals surface area contributed by atoms with Gasteiger partial charge in [-0.05, 0) is 51.5 Å². The molecule has 1 unspecified atom stereocenters. The van der Waals surface area contributed by atoms with Gasteiger partial charge in [-0.1, -0.05) is 11.6 Å². The molecule has 2 rings (SSSR count). The first-order valence-electron chi connectivity index (χ1n) is 7.36. The number of nitrogens with zero attached hydrogens (tertiary/aromatic N) is 1. The van der Waals surface area contributed by atoms with Gasteiger partial charge in [0.2, 0.25) is 5.91 Å². The van der Waals surface area contributed by atoms with Gasteiger partial charge in [-0.2, -0.15) is 0 Å². The Hall–Kier alpha value is -1.26. The van der Waals surface area contributed by atoms with Crippen LogP contribution in [-0.2, 0) is 11.3 Å². The SMILES string of the molecule is CC1C(=O)NCCN1c1ccc(Cl)cc1CNC(C)(C)C. The van der Waals surface area contributed by atoms with Crippen molar-refractivity contribution in [1.29, 1.82) is 0 Å². The lowest BCUT2D eigenvalue weighted by molar-refractivity contribution is -0.122. The van der Waals surface area contributed by atoms with Gasteiger partial charge in [-0.25, -0.2) is 0 Å². The van der Waals surface area contributed by atoms with Crippen molar-refractivity contribution in [1.82, 2.24) is 10.6 Å². The predicted molar refractivity (Wildman–Crippen MR) is 87.9 cm³/mol. The second-order valence-electron chi connectivity index (χ2n) is 6.54. The number of hydrogen-bond donors (Lipinski definition) is 2. The summed E-state index contributed by atoms with van der Waals surface area (Å²) in [4.78, 5) is 14.0. The molecule has 116 valence electrons. The number of rotatable bonds is 3. The molecule has 0 aliphatic carbocycles. The number of benzene rings is 1. The highest BCUT2D eigenvalue weighted by atomic mass is 35.5. The molecule has 0 radical (unpaired) electrons. The van der Waals surface area contributed by atoms with Crippen LogP contribution in [0.3, 0.4) is 0 Å². The largest absolute Gasteiger partial charge is 0.358 e. The fourth-order valence-electron chi connectivity index (χ4n) is 2.45. The van der Waals surface area contributed by atoms with Gasteiger partial charge in [0.1, 0.15) is 6.04 Å². The van der Waals surface area contributed by atoms with Crippen LogP contribution < -0.4 is 15.5 Å². The van der Waals surface area contributed by atoms with E-state index in [1.54, 1.807) is 0 Å². The summed E-state index contributed by atoms with van der Waals surface area (Å²) in [5.41, 5.74) is 2.24. The second kappa shape index (κ2) is 6.24. The van der Waals surface area contributed by atoms with E-state index >= 15 is 0 Å². The van der Waals surface area contributed by atoms with Crippen molar-refractivity contribution >= 4 is 23.2 Å². The maximum atomic E-state index is 11.9. The average molecular weight is 310 g/mol. The van der Waals surface area contributed by atoms with E-state index in [0.717, 1.165) is 29.4 Å². The molecule has 1 aromatic carbocycles. The lowest BCUT2D eigenvalue weighted by Crippen LogP contribution is -2.54. The molecule has 1 heterocycles. The number of anilines is 1. The summed E-state index contributed by atoms with van der Waals surface area (Å²) in [5.74, 6) is 0.0749. The normalized spacial score (nSPS) is 19.6. The third kappa shape index (κ3) is 4.11. The minimum atomic E-state index is -0.159. The number of halogens is 1. The predicted octanol–water partition coefficient (Wildman–Crippen LogP) is 2.55. The molecule has 1 aliphatic rings. The summed E-state index contributed by atoms with van der Waals surface area (Å²) in [6.07, 6.45) is 0. The molecule has 0 saturated carbocycles. The number of piperazine rings is 1. The van der Waals surface area contributed by atoms with E-state index < -0.39 is 0 Å². The Labute approximate surface area is 131 Å². The summed E-state index contributed by atoms with van der Waals surface area (Å²) in [7, 11) is 0. The summed E-state index contributed by atoms with van der Waals surface area (Å²) in [6.45, 7) is 10.6. The monoisotopic (exact) mass is 309 g/mol. The van der Waals surface area contributed by atoms with Crippen molar-refractivity contribution in [2.75, 3.05) is 18.0 Å². The number of carbonyl (C=O) groups is 1. The Morgan fingerprint density at radius 3 is 2.81 bits per heavy atom. The number of hydrogen-bond acceptors (Lipinski definition) is 3. The number of nitrogens with one attached hydrogen (secondary N) is 2. The molecule has 1 saturated heterocycles. The van der Waals surface area contributed by atoms with E-state index in [1.165, 1.54) is 0 Å². The van der Waals surface area contributed by atoms with Crippen LogP contribution in [0.25, 0.3) is 0 Å². The third-order valence-corrected chi connectivity index (χ3v) is 3.89. The summed E-state index contributed by atoms with van der Waals surface area (Å²) < 4.78 is 0. The zero-order valence-electron chi connectivity index (χ0n) is 13.2. The molecule has 21 heavy (non-hydrogen) atoms. The quantitative estimate of drug-likeness (QED) is 0.902. The van der Waals surface area contributed by atoms with Crippen LogP contribution in [0.1, 0.15) is 33.3 Å². The smallest absolute Gasteiger partial charge is 0.242 e. The lowest BCUT2D eigenvalue weighted by atomic mass is 10.1. The van der Waals surface area contributed by atoms with E-state index in [2.05, 4.69) is 36.3 Å². The van der Waals surface area contributed by atoms with Crippen molar-refractivity contribution in [2.24, 2.45) is 0 Å². The zero-order chi connectivity index (χ0) is 15.6. The molecule has 4 nitrogen and oxygen atoms in total. The topological polar surface area (TPSA) is 44.4 Å². The van der Waals surface area contributed by atoms with Gasteiger partial charge >= 0.3 is 0 Å². The van der Waals surface area contributed by atoms with E-state index in [1.807, 2.05) is 25.1 Å². The van der Waals surface area contributed by atoms with E-state index in [9.17, 15) is 4.79 Å². The first-order valence-corrected chi connectivity index (χ1v) is 7.73.